The van der Waals surface area contributed by atoms with Crippen LogP contribution in [0.15, 0.2) is 46.9 Å². The van der Waals surface area contributed by atoms with Gasteiger partial charge in [0.2, 0.25) is 0 Å². The van der Waals surface area contributed by atoms with Crippen LogP contribution in [0, 0.1) is 0 Å². The van der Waals surface area contributed by atoms with Crippen molar-refractivity contribution in [3.05, 3.63) is 63.6 Å². The molecule has 1 heterocycles. The van der Waals surface area contributed by atoms with Gasteiger partial charge in [-0.05, 0) is 76.3 Å². The van der Waals surface area contributed by atoms with E-state index in [2.05, 4.69) is 34.1 Å². The Kier molecular flexibility index (Phi) is 7.46. The molecule has 0 unspecified atom stereocenters. The summed E-state index contributed by atoms with van der Waals surface area (Å²) in [6, 6.07) is 14.1. The van der Waals surface area contributed by atoms with Gasteiger partial charge in [0.1, 0.15) is 17.5 Å². The Hall–Kier alpha value is -2.54. The zero-order valence-corrected chi connectivity index (χ0v) is 22.5. The van der Waals surface area contributed by atoms with Crippen LogP contribution in [-0.2, 0) is 26.1 Å². The van der Waals surface area contributed by atoms with Crippen molar-refractivity contribution in [2.24, 2.45) is 0 Å². The summed E-state index contributed by atoms with van der Waals surface area (Å²) in [5, 5.41) is 0. The molecule has 0 aromatic heterocycles. The summed E-state index contributed by atoms with van der Waals surface area (Å²) in [4.78, 5) is 26.6. The normalized spacial score (nSPS) is 18.8. The Morgan fingerprint density at radius 2 is 1.83 bits per heavy atom. The van der Waals surface area contributed by atoms with Gasteiger partial charge in [-0.25, -0.2) is 4.79 Å². The number of hydrogen-bond donors (Lipinski definition) is 0. The summed E-state index contributed by atoms with van der Waals surface area (Å²) in [7, 11) is 0. The minimum Gasteiger partial charge on any atom is -0.485 e. The maximum Gasteiger partial charge on any atom is 0.410 e. The number of amides is 1. The number of fused-ring (bicyclic) bond motifs is 2. The number of esters is 1. The predicted molar refractivity (Wildman–Crippen MR) is 138 cm³/mol. The number of benzene rings is 2. The highest BCUT2D eigenvalue weighted by molar-refractivity contribution is 9.10. The van der Waals surface area contributed by atoms with Crippen LogP contribution in [0.25, 0.3) is 0 Å². The molecule has 0 bridgehead atoms. The molecule has 1 aliphatic heterocycles. The zero-order valence-electron chi connectivity index (χ0n) is 20.9. The third kappa shape index (κ3) is 5.83. The van der Waals surface area contributed by atoms with Crippen LogP contribution >= 0.6 is 15.9 Å². The molecule has 1 amide bonds. The number of halogens is 1. The Bertz CT molecular complexity index is 1080. The molecule has 2 aliphatic rings. The van der Waals surface area contributed by atoms with E-state index in [1.807, 2.05) is 49.9 Å². The number of nitrogens with zero attached hydrogens (tertiary/aromatic N) is 1. The fraction of sp³-hybridized carbons (Fsp3) is 0.500. The van der Waals surface area contributed by atoms with Crippen LogP contribution < -0.4 is 4.74 Å². The lowest BCUT2D eigenvalue weighted by molar-refractivity contribution is -0.142. The Balaban J connectivity index is 1.54. The SMILES string of the molecule is CCOC(=O)Cc1ccccc1O[C@H]1CC2(CCN(C(=O)OC(C)(C)C)CC2)c2ccc(Br)cc21. The van der Waals surface area contributed by atoms with E-state index in [4.69, 9.17) is 14.2 Å². The number of carbonyl (C=O) groups is 2. The van der Waals surface area contributed by atoms with Gasteiger partial charge >= 0.3 is 12.1 Å². The number of ether oxygens (including phenoxy) is 3. The maximum absolute atomic E-state index is 12.6. The van der Waals surface area contributed by atoms with Crippen molar-refractivity contribution in [3.63, 3.8) is 0 Å². The number of carbonyl (C=O) groups excluding carboxylic acids is 2. The molecule has 35 heavy (non-hydrogen) atoms. The van der Waals surface area contributed by atoms with Crippen molar-refractivity contribution in [1.29, 1.82) is 0 Å². The first-order valence-corrected chi connectivity index (χ1v) is 13.1. The molecule has 1 spiro atoms. The fourth-order valence-electron chi connectivity index (χ4n) is 5.17. The summed E-state index contributed by atoms with van der Waals surface area (Å²) in [6.45, 7) is 9.14. The van der Waals surface area contributed by atoms with Crippen molar-refractivity contribution in [2.45, 2.75) is 70.5 Å². The highest BCUT2D eigenvalue weighted by atomic mass is 79.9. The Labute approximate surface area is 216 Å². The van der Waals surface area contributed by atoms with E-state index in [1.54, 1.807) is 6.92 Å². The third-order valence-corrected chi connectivity index (χ3v) is 7.26. The second kappa shape index (κ2) is 10.2. The summed E-state index contributed by atoms with van der Waals surface area (Å²) >= 11 is 3.63. The summed E-state index contributed by atoms with van der Waals surface area (Å²) in [5.74, 6) is 0.448. The van der Waals surface area contributed by atoms with Gasteiger partial charge in [-0.1, -0.05) is 40.2 Å². The van der Waals surface area contributed by atoms with Crippen LogP contribution in [0.1, 0.15) is 69.8 Å². The van der Waals surface area contributed by atoms with Gasteiger partial charge < -0.3 is 19.1 Å². The highest BCUT2D eigenvalue weighted by Gasteiger charge is 2.47. The van der Waals surface area contributed by atoms with Crippen molar-refractivity contribution >= 4 is 28.0 Å². The molecular formula is C28H34BrNO5. The van der Waals surface area contributed by atoms with Gasteiger partial charge in [-0.3, -0.25) is 4.79 Å². The summed E-state index contributed by atoms with van der Waals surface area (Å²) in [6.07, 6.45) is 2.32. The third-order valence-electron chi connectivity index (χ3n) is 6.76. The lowest BCUT2D eigenvalue weighted by Gasteiger charge is -2.40. The first kappa shape index (κ1) is 25.5. The largest absolute Gasteiger partial charge is 0.485 e. The van der Waals surface area contributed by atoms with Gasteiger partial charge in [0, 0.05) is 28.5 Å². The topological polar surface area (TPSA) is 65.1 Å². The van der Waals surface area contributed by atoms with Gasteiger partial charge in [-0.15, -0.1) is 0 Å². The maximum atomic E-state index is 12.6. The molecule has 7 heteroatoms. The molecule has 0 radical (unpaired) electrons. The molecular weight excluding hydrogens is 510 g/mol. The van der Waals surface area contributed by atoms with E-state index in [-0.39, 0.29) is 30.0 Å². The van der Waals surface area contributed by atoms with E-state index < -0.39 is 5.60 Å². The molecule has 1 fully saturated rings. The second-order valence-electron chi connectivity index (χ2n) is 10.4. The summed E-state index contributed by atoms with van der Waals surface area (Å²) < 4.78 is 18.4. The lowest BCUT2D eigenvalue weighted by Crippen LogP contribution is -2.46. The number of hydrogen-bond acceptors (Lipinski definition) is 5. The molecule has 6 nitrogen and oxygen atoms in total. The number of piperidine rings is 1. The molecule has 2 aromatic carbocycles. The van der Waals surface area contributed by atoms with Gasteiger partial charge in [0.15, 0.2) is 0 Å². The smallest absolute Gasteiger partial charge is 0.410 e. The highest BCUT2D eigenvalue weighted by Crippen LogP contribution is 2.53. The van der Waals surface area contributed by atoms with Gasteiger partial charge in [0.25, 0.3) is 0 Å². The average Bonchev–Trinajstić information content (AvgIpc) is 3.06. The van der Waals surface area contributed by atoms with E-state index in [9.17, 15) is 9.59 Å². The van der Waals surface area contributed by atoms with E-state index >= 15 is 0 Å². The number of rotatable bonds is 5. The van der Waals surface area contributed by atoms with Crippen LogP contribution in [0.2, 0.25) is 0 Å². The van der Waals surface area contributed by atoms with Crippen molar-refractivity contribution in [3.8, 4) is 5.75 Å². The van der Waals surface area contributed by atoms with Crippen LogP contribution in [0.3, 0.4) is 0 Å². The zero-order chi connectivity index (χ0) is 25.2. The molecule has 1 aliphatic carbocycles. The molecule has 1 saturated heterocycles. The van der Waals surface area contributed by atoms with Crippen LogP contribution in [-0.4, -0.2) is 42.3 Å². The van der Waals surface area contributed by atoms with Crippen LogP contribution in [0.4, 0.5) is 4.79 Å². The van der Waals surface area contributed by atoms with Crippen molar-refractivity contribution in [1.82, 2.24) is 4.90 Å². The van der Waals surface area contributed by atoms with E-state index in [0.717, 1.165) is 34.9 Å². The quantitative estimate of drug-likeness (QED) is 0.411. The molecule has 2 aromatic rings. The molecule has 0 saturated carbocycles. The van der Waals surface area contributed by atoms with Crippen LogP contribution in [0.5, 0.6) is 5.75 Å². The van der Waals surface area contributed by atoms with E-state index in [1.165, 1.54) is 5.56 Å². The monoisotopic (exact) mass is 543 g/mol. The van der Waals surface area contributed by atoms with Gasteiger partial charge in [0.05, 0.1) is 13.0 Å². The fourth-order valence-corrected chi connectivity index (χ4v) is 5.54. The van der Waals surface area contributed by atoms with Crippen molar-refractivity contribution in [2.75, 3.05) is 19.7 Å². The molecule has 1 atom stereocenters. The second-order valence-corrected chi connectivity index (χ2v) is 11.3. The van der Waals surface area contributed by atoms with Gasteiger partial charge in [-0.2, -0.15) is 0 Å². The lowest BCUT2D eigenvalue weighted by atomic mass is 9.74. The minimum absolute atomic E-state index is 0.0602. The predicted octanol–water partition coefficient (Wildman–Crippen LogP) is 6.35. The van der Waals surface area contributed by atoms with E-state index in [0.29, 0.717) is 25.4 Å². The standard InChI is InChI=1S/C28H34BrNO5/c1-5-33-25(31)16-19-8-6-7-9-23(19)34-24-18-28(22-11-10-20(29)17-21(22)24)12-14-30(15-13-28)26(32)35-27(2,3)4/h6-11,17,24H,5,12-16,18H2,1-4H3/t24-/m0/s1. The Morgan fingerprint density at radius 3 is 2.51 bits per heavy atom. The number of para-hydroxylation sites is 1. The summed E-state index contributed by atoms with van der Waals surface area (Å²) in [5.41, 5.74) is 2.71. The Morgan fingerprint density at radius 1 is 1.11 bits per heavy atom. The first-order chi connectivity index (χ1) is 16.6. The molecule has 4 rings (SSSR count). The van der Waals surface area contributed by atoms with Crippen molar-refractivity contribution < 1.29 is 23.8 Å². The molecule has 188 valence electrons. The first-order valence-electron chi connectivity index (χ1n) is 12.3. The molecule has 0 N–H and O–H groups in total. The average molecular weight is 544 g/mol. The minimum atomic E-state index is -0.506. The number of likely N-dealkylation sites (tertiary alicyclic amines) is 1.